The van der Waals surface area contributed by atoms with Crippen LogP contribution in [0.2, 0.25) is 0 Å². The minimum absolute atomic E-state index is 0.0203. The average Bonchev–Trinajstić information content (AvgIpc) is 3.30. The number of ketones is 3. The Morgan fingerprint density at radius 3 is 2.27 bits per heavy atom. The third kappa shape index (κ3) is 5.06. The second-order valence-electron chi connectivity index (χ2n) is 9.26. The van der Waals surface area contributed by atoms with Gasteiger partial charge in [-0.05, 0) is 32.4 Å². The Bertz CT molecular complexity index is 1510. The fraction of sp³-hybridized carbons (Fsp3) is 0.423. The molecule has 0 atom stereocenters. The summed E-state index contributed by atoms with van der Waals surface area (Å²) in [5, 5.41) is 10.5. The minimum atomic E-state index is -6.08. The van der Waals surface area contributed by atoms with E-state index in [9.17, 15) is 41.1 Å². The predicted octanol–water partition coefficient (Wildman–Crippen LogP) is 3.52. The van der Waals surface area contributed by atoms with Crippen LogP contribution in [0.4, 0.5) is 13.2 Å². The summed E-state index contributed by atoms with van der Waals surface area (Å²) in [6.07, 6.45) is -1.29. The molecule has 0 amide bonds. The van der Waals surface area contributed by atoms with Crippen LogP contribution in [0.3, 0.4) is 0 Å². The predicted molar refractivity (Wildman–Crippen MR) is 131 cm³/mol. The smallest absolute Gasteiger partial charge is 0.501 e. The molecule has 1 saturated heterocycles. The van der Waals surface area contributed by atoms with Crippen LogP contribution < -0.4 is 9.47 Å². The summed E-state index contributed by atoms with van der Waals surface area (Å²) in [5.41, 5.74) is -8.38. The number of sulfone groups is 1. The molecule has 0 radical (unpaired) electrons. The Kier molecular flexibility index (Phi) is 7.73. The van der Waals surface area contributed by atoms with Gasteiger partial charge < -0.3 is 24.1 Å². The monoisotopic (exact) mass is 586 g/mol. The number of ether oxygens (including phenoxy) is 4. The van der Waals surface area contributed by atoms with E-state index in [1.165, 1.54) is 21.0 Å². The molecule has 0 unspecified atom stereocenters. The van der Waals surface area contributed by atoms with Crippen LogP contribution in [0.5, 0.6) is 17.2 Å². The quantitative estimate of drug-likeness (QED) is 0.396. The van der Waals surface area contributed by atoms with Crippen molar-refractivity contribution in [3.63, 3.8) is 0 Å². The van der Waals surface area contributed by atoms with Crippen molar-refractivity contribution in [2.24, 2.45) is 0 Å². The molecule has 1 N–H and O–H groups in total. The van der Waals surface area contributed by atoms with Gasteiger partial charge in [0.05, 0.1) is 49.4 Å². The summed E-state index contributed by atoms with van der Waals surface area (Å²) < 4.78 is 88.1. The SMILES string of the molecule is CCOc1c(CCC(=O)CC2(C)OCCO2)c(S(=O)(=O)C(F)(F)F)cc2c1C(=O)c1c(O)cc(OC)cc1C2=O. The fourth-order valence-corrected chi connectivity index (χ4v) is 5.80. The zero-order valence-corrected chi connectivity index (χ0v) is 22.5. The van der Waals surface area contributed by atoms with Gasteiger partial charge in [0.25, 0.3) is 9.84 Å². The number of phenolic OH excluding ortho intramolecular Hbond substituents is 1. The van der Waals surface area contributed by atoms with Crippen LogP contribution in [0.15, 0.2) is 23.1 Å². The lowest BCUT2D eigenvalue weighted by Crippen LogP contribution is -2.30. The van der Waals surface area contributed by atoms with Crippen LogP contribution in [-0.2, 0) is 30.5 Å². The van der Waals surface area contributed by atoms with E-state index in [0.29, 0.717) is 6.07 Å². The molecule has 0 saturated carbocycles. The van der Waals surface area contributed by atoms with E-state index in [2.05, 4.69) is 0 Å². The highest BCUT2D eigenvalue weighted by Crippen LogP contribution is 2.45. The van der Waals surface area contributed by atoms with Crippen molar-refractivity contribution < 1.29 is 60.0 Å². The number of methoxy groups -OCH3 is 1. The van der Waals surface area contributed by atoms with E-state index in [1.54, 1.807) is 0 Å². The van der Waals surface area contributed by atoms with Crippen molar-refractivity contribution in [2.45, 2.75) is 49.3 Å². The van der Waals surface area contributed by atoms with E-state index >= 15 is 0 Å². The summed E-state index contributed by atoms with van der Waals surface area (Å²) in [7, 11) is -4.85. The van der Waals surface area contributed by atoms with Gasteiger partial charge in [-0.25, -0.2) is 8.42 Å². The molecule has 1 aliphatic carbocycles. The highest BCUT2D eigenvalue weighted by molar-refractivity contribution is 7.92. The molecule has 1 heterocycles. The average molecular weight is 587 g/mol. The summed E-state index contributed by atoms with van der Waals surface area (Å²) in [6.45, 7) is 3.21. The first-order chi connectivity index (χ1) is 18.6. The molecule has 1 aliphatic heterocycles. The van der Waals surface area contributed by atoms with E-state index in [0.717, 1.165) is 12.1 Å². The number of carbonyl (C=O) groups excluding carboxylic acids is 3. The molecule has 216 valence electrons. The van der Waals surface area contributed by atoms with Gasteiger partial charge in [0.2, 0.25) is 5.78 Å². The Labute approximate surface area is 226 Å². The molecule has 2 aromatic carbocycles. The van der Waals surface area contributed by atoms with Crippen molar-refractivity contribution in [3.05, 3.63) is 46.0 Å². The van der Waals surface area contributed by atoms with Crippen LogP contribution in [-0.4, -0.2) is 69.1 Å². The zero-order chi connectivity index (χ0) is 29.6. The molecule has 4 rings (SSSR count). The number of carbonyl (C=O) groups is 3. The first kappa shape index (κ1) is 29.5. The number of aromatic hydroxyl groups is 1. The molecule has 0 spiro atoms. The van der Waals surface area contributed by atoms with Gasteiger partial charge in [0.15, 0.2) is 11.6 Å². The number of halogens is 3. The van der Waals surface area contributed by atoms with E-state index < -0.39 is 90.0 Å². The molecular weight excluding hydrogens is 561 g/mol. The number of benzene rings is 2. The third-order valence-corrected chi connectivity index (χ3v) is 8.12. The Morgan fingerprint density at radius 2 is 1.70 bits per heavy atom. The maximum absolute atomic E-state index is 13.8. The molecule has 14 heteroatoms. The van der Waals surface area contributed by atoms with Crippen molar-refractivity contribution in [1.29, 1.82) is 0 Å². The number of Topliss-reactive ketones (excluding diaryl/α,β-unsaturated/α-hetero) is 1. The molecule has 2 aromatic rings. The second-order valence-corrected chi connectivity index (χ2v) is 11.2. The number of rotatable bonds is 9. The van der Waals surface area contributed by atoms with Gasteiger partial charge in [-0.2, -0.15) is 13.2 Å². The van der Waals surface area contributed by atoms with E-state index in [4.69, 9.17) is 18.9 Å². The fourth-order valence-electron chi connectivity index (χ4n) is 4.76. The van der Waals surface area contributed by atoms with E-state index in [-0.39, 0.29) is 37.6 Å². The topological polar surface area (TPSA) is 142 Å². The van der Waals surface area contributed by atoms with Crippen molar-refractivity contribution in [2.75, 3.05) is 26.9 Å². The maximum Gasteiger partial charge on any atom is 0.501 e. The van der Waals surface area contributed by atoms with Gasteiger partial charge in [-0.3, -0.25) is 14.4 Å². The third-order valence-electron chi connectivity index (χ3n) is 6.57. The molecule has 2 aliphatic rings. The normalized spacial score (nSPS) is 16.4. The highest BCUT2D eigenvalue weighted by atomic mass is 32.2. The highest BCUT2D eigenvalue weighted by Gasteiger charge is 2.50. The Morgan fingerprint density at radius 1 is 1.07 bits per heavy atom. The number of alkyl halides is 3. The van der Waals surface area contributed by atoms with Crippen molar-refractivity contribution in [3.8, 4) is 17.2 Å². The standard InChI is InChI=1S/C26H25F3O10S/c1-4-37-24-15(6-5-13(30)12-25(2)38-7-8-39-25)19(40(34,35)26(27,28)29)11-17-21(24)23(33)20-16(22(17)32)9-14(36-3)10-18(20)31/h9-11,31H,4-8,12H2,1-3H3. The molecule has 1 fully saturated rings. The van der Waals surface area contributed by atoms with Gasteiger partial charge in [0, 0.05) is 29.2 Å². The Balaban J connectivity index is 1.92. The molecule has 10 nitrogen and oxygen atoms in total. The van der Waals surface area contributed by atoms with Gasteiger partial charge in [-0.1, -0.05) is 0 Å². The van der Waals surface area contributed by atoms with Gasteiger partial charge in [-0.15, -0.1) is 0 Å². The molecule has 40 heavy (non-hydrogen) atoms. The summed E-state index contributed by atoms with van der Waals surface area (Å²) in [5.74, 6) is -4.99. The lowest BCUT2D eigenvalue weighted by Gasteiger charge is -2.26. The van der Waals surface area contributed by atoms with Crippen LogP contribution in [0.1, 0.15) is 64.1 Å². The number of hydrogen-bond acceptors (Lipinski definition) is 10. The van der Waals surface area contributed by atoms with Crippen molar-refractivity contribution >= 4 is 27.2 Å². The number of phenols is 1. The lowest BCUT2D eigenvalue weighted by atomic mass is 9.81. The van der Waals surface area contributed by atoms with Crippen molar-refractivity contribution in [1.82, 2.24) is 0 Å². The number of hydrogen-bond donors (Lipinski definition) is 1. The summed E-state index contributed by atoms with van der Waals surface area (Å²) >= 11 is 0. The minimum Gasteiger partial charge on any atom is -0.507 e. The first-order valence-electron chi connectivity index (χ1n) is 12.1. The largest absolute Gasteiger partial charge is 0.507 e. The molecular formula is C26H25F3O10S. The van der Waals surface area contributed by atoms with Gasteiger partial charge >= 0.3 is 5.51 Å². The van der Waals surface area contributed by atoms with Crippen LogP contribution in [0.25, 0.3) is 0 Å². The summed E-state index contributed by atoms with van der Waals surface area (Å²) in [4.78, 5) is 38.4. The second kappa shape index (κ2) is 10.5. The van der Waals surface area contributed by atoms with Crippen LogP contribution >= 0.6 is 0 Å². The molecule has 0 bridgehead atoms. The molecule has 0 aromatic heterocycles. The maximum atomic E-state index is 13.8. The lowest BCUT2D eigenvalue weighted by molar-refractivity contribution is -0.158. The Hall–Kier alpha value is -3.49. The van der Waals surface area contributed by atoms with Gasteiger partial charge in [0.1, 0.15) is 23.0 Å². The van der Waals surface area contributed by atoms with E-state index in [1.807, 2.05) is 0 Å². The zero-order valence-electron chi connectivity index (χ0n) is 21.6. The first-order valence-corrected chi connectivity index (χ1v) is 13.6. The van der Waals surface area contributed by atoms with Crippen LogP contribution in [0, 0.1) is 0 Å². The summed E-state index contributed by atoms with van der Waals surface area (Å²) in [6, 6.07) is 2.66. The number of fused-ring (bicyclic) bond motifs is 2.